The quantitative estimate of drug-likeness (QED) is 0.469. The van der Waals surface area contributed by atoms with Crippen molar-refractivity contribution in [1.82, 2.24) is 0 Å². The predicted molar refractivity (Wildman–Crippen MR) is 106 cm³/mol. The SMILES string of the molecule is CC(CCCC1C(CF)C2(C)C(C)C12)C1CPCC(C)(C)C(C)C1. The number of alkyl halides is 1. The first kappa shape index (κ1) is 19.1. The monoisotopic (exact) mass is 354 g/mol. The Labute approximate surface area is 151 Å². The van der Waals surface area contributed by atoms with Crippen molar-refractivity contribution < 1.29 is 4.39 Å². The Bertz CT molecular complexity index is 447. The molecule has 1 heterocycles. The van der Waals surface area contributed by atoms with Gasteiger partial charge in [-0.05, 0) is 77.4 Å². The highest BCUT2D eigenvalue weighted by molar-refractivity contribution is 7.38. The van der Waals surface area contributed by atoms with Gasteiger partial charge in [-0.15, -0.1) is 8.58 Å². The summed E-state index contributed by atoms with van der Waals surface area (Å²) in [5, 5.41) is 0. The van der Waals surface area contributed by atoms with E-state index in [1.54, 1.807) is 0 Å². The summed E-state index contributed by atoms with van der Waals surface area (Å²) in [6.45, 7) is 14.5. The van der Waals surface area contributed by atoms with Gasteiger partial charge in [-0.3, -0.25) is 4.39 Å². The molecule has 3 fully saturated rings. The number of halogens is 1. The highest BCUT2D eigenvalue weighted by Gasteiger charge is 2.75. The number of fused-ring (bicyclic) bond motifs is 1. The van der Waals surface area contributed by atoms with Crippen LogP contribution in [0.3, 0.4) is 0 Å². The Kier molecular flexibility index (Phi) is 5.44. The first-order valence-electron chi connectivity index (χ1n) is 10.5. The third-order valence-corrected chi connectivity index (χ3v) is 11.0. The lowest BCUT2D eigenvalue weighted by Gasteiger charge is -2.41. The topological polar surface area (TPSA) is 0 Å². The van der Waals surface area contributed by atoms with E-state index < -0.39 is 0 Å². The molecular weight excluding hydrogens is 314 g/mol. The third kappa shape index (κ3) is 3.10. The predicted octanol–water partition coefficient (Wildman–Crippen LogP) is 6.64. The molecule has 2 heteroatoms. The standard InChI is InChI=1S/C22H40FP/c1-14(17-10-15(2)21(4,5)13-24-12-17)8-7-9-18-19(11-23)22(6)16(3)20(18)22/h14-20,24H,7-13H2,1-6H3. The van der Waals surface area contributed by atoms with Crippen LogP contribution in [-0.2, 0) is 0 Å². The summed E-state index contributed by atoms with van der Waals surface area (Å²) < 4.78 is 13.4. The van der Waals surface area contributed by atoms with Crippen LogP contribution in [0.15, 0.2) is 0 Å². The largest absolute Gasteiger partial charge is 0.251 e. The zero-order valence-electron chi connectivity index (χ0n) is 16.9. The Morgan fingerprint density at radius 1 is 1.21 bits per heavy atom. The van der Waals surface area contributed by atoms with Gasteiger partial charge >= 0.3 is 0 Å². The fourth-order valence-corrected chi connectivity index (χ4v) is 8.50. The molecule has 2 aliphatic carbocycles. The maximum atomic E-state index is 13.4. The first-order valence-corrected chi connectivity index (χ1v) is 11.9. The smallest absolute Gasteiger partial charge is 0.0930 e. The normalized spacial score (nSPS) is 49.1. The summed E-state index contributed by atoms with van der Waals surface area (Å²) in [5.41, 5.74) is 0.925. The summed E-state index contributed by atoms with van der Waals surface area (Å²) >= 11 is 0. The molecule has 0 N–H and O–H groups in total. The van der Waals surface area contributed by atoms with E-state index in [1.165, 1.54) is 38.0 Å². The van der Waals surface area contributed by atoms with Gasteiger partial charge in [0.2, 0.25) is 0 Å². The van der Waals surface area contributed by atoms with Crippen LogP contribution < -0.4 is 0 Å². The van der Waals surface area contributed by atoms with Crippen LogP contribution in [0.1, 0.15) is 67.2 Å². The fraction of sp³-hybridized carbons (Fsp3) is 1.00. The van der Waals surface area contributed by atoms with Gasteiger partial charge in [0, 0.05) is 0 Å². The minimum absolute atomic E-state index is 0.0755. The van der Waals surface area contributed by atoms with E-state index >= 15 is 0 Å². The molecule has 9 unspecified atom stereocenters. The van der Waals surface area contributed by atoms with Gasteiger partial charge in [-0.2, -0.15) is 0 Å². The molecular formula is C22H40FP. The number of rotatable bonds is 6. The summed E-state index contributed by atoms with van der Waals surface area (Å²) in [6.07, 6.45) is 8.31. The molecule has 0 amide bonds. The highest BCUT2D eigenvalue weighted by atomic mass is 31.1. The molecule has 1 aliphatic heterocycles. The van der Waals surface area contributed by atoms with Crippen molar-refractivity contribution in [2.24, 2.45) is 52.3 Å². The van der Waals surface area contributed by atoms with Gasteiger partial charge in [-0.1, -0.05) is 54.4 Å². The molecule has 0 aromatic heterocycles. The van der Waals surface area contributed by atoms with Crippen molar-refractivity contribution in [2.45, 2.75) is 67.2 Å². The maximum absolute atomic E-state index is 13.4. The maximum Gasteiger partial charge on any atom is 0.0930 e. The molecule has 3 aliphatic rings. The van der Waals surface area contributed by atoms with Crippen molar-refractivity contribution in [3.8, 4) is 0 Å². The van der Waals surface area contributed by atoms with Crippen LogP contribution >= 0.6 is 8.58 Å². The van der Waals surface area contributed by atoms with Crippen LogP contribution in [0.2, 0.25) is 0 Å². The van der Waals surface area contributed by atoms with Crippen LogP contribution in [0.25, 0.3) is 0 Å². The summed E-state index contributed by atoms with van der Waals surface area (Å²) in [4.78, 5) is 0. The van der Waals surface area contributed by atoms with E-state index in [2.05, 4.69) is 41.5 Å². The van der Waals surface area contributed by atoms with Gasteiger partial charge in [0.05, 0.1) is 6.67 Å². The average Bonchev–Trinajstić information content (AvgIpc) is 3.02. The van der Waals surface area contributed by atoms with Crippen molar-refractivity contribution in [2.75, 3.05) is 19.0 Å². The Morgan fingerprint density at radius 2 is 1.92 bits per heavy atom. The van der Waals surface area contributed by atoms with Crippen LogP contribution in [0.4, 0.5) is 4.39 Å². The minimum Gasteiger partial charge on any atom is -0.251 e. The summed E-state index contributed by atoms with van der Waals surface area (Å²) in [7, 11) is 1.16. The zero-order valence-corrected chi connectivity index (χ0v) is 17.9. The fourth-order valence-electron chi connectivity index (χ4n) is 6.42. The van der Waals surface area contributed by atoms with E-state index in [0.717, 1.165) is 38.2 Å². The second-order valence-electron chi connectivity index (χ2n) is 10.5. The van der Waals surface area contributed by atoms with Crippen LogP contribution in [0.5, 0.6) is 0 Å². The zero-order chi connectivity index (χ0) is 17.7. The molecule has 2 saturated carbocycles. The van der Waals surface area contributed by atoms with Crippen LogP contribution in [-0.4, -0.2) is 19.0 Å². The van der Waals surface area contributed by atoms with Crippen molar-refractivity contribution >= 4 is 8.58 Å². The van der Waals surface area contributed by atoms with Gasteiger partial charge in [0.1, 0.15) is 0 Å². The van der Waals surface area contributed by atoms with Gasteiger partial charge in [-0.25, -0.2) is 0 Å². The van der Waals surface area contributed by atoms with Gasteiger partial charge in [0.25, 0.3) is 0 Å². The molecule has 0 bridgehead atoms. The first-order chi connectivity index (χ1) is 11.2. The lowest BCUT2D eigenvalue weighted by atomic mass is 9.64. The Hall–Kier alpha value is 0.360. The van der Waals surface area contributed by atoms with Gasteiger partial charge in [0.15, 0.2) is 0 Å². The highest BCUT2D eigenvalue weighted by Crippen LogP contribution is 2.78. The molecule has 0 aromatic carbocycles. The second-order valence-corrected chi connectivity index (χ2v) is 11.8. The molecule has 0 aromatic rings. The van der Waals surface area contributed by atoms with E-state index in [0.29, 0.717) is 22.7 Å². The van der Waals surface area contributed by atoms with E-state index in [1.807, 2.05) is 0 Å². The molecule has 0 radical (unpaired) electrons. The van der Waals surface area contributed by atoms with E-state index in [9.17, 15) is 4.39 Å². The second kappa shape index (κ2) is 6.83. The van der Waals surface area contributed by atoms with Crippen molar-refractivity contribution in [3.63, 3.8) is 0 Å². The lowest BCUT2D eigenvalue weighted by molar-refractivity contribution is 0.0388. The Morgan fingerprint density at radius 3 is 2.58 bits per heavy atom. The number of hydrogen-bond acceptors (Lipinski definition) is 0. The molecule has 24 heavy (non-hydrogen) atoms. The third-order valence-electron chi connectivity index (χ3n) is 9.05. The molecule has 140 valence electrons. The molecule has 0 nitrogen and oxygen atoms in total. The summed E-state index contributed by atoms with van der Waals surface area (Å²) in [6, 6.07) is 0. The molecule has 3 rings (SSSR count). The minimum atomic E-state index is -0.0755. The van der Waals surface area contributed by atoms with Gasteiger partial charge < -0.3 is 0 Å². The molecule has 0 spiro atoms. The lowest BCUT2D eigenvalue weighted by Crippen LogP contribution is -2.38. The Balaban J connectivity index is 1.44. The summed E-state index contributed by atoms with van der Waals surface area (Å²) in [5.74, 6) is 5.38. The van der Waals surface area contributed by atoms with E-state index in [4.69, 9.17) is 0 Å². The molecule has 9 atom stereocenters. The average molecular weight is 355 g/mol. The molecule has 1 saturated heterocycles. The van der Waals surface area contributed by atoms with Crippen molar-refractivity contribution in [3.05, 3.63) is 0 Å². The van der Waals surface area contributed by atoms with E-state index in [-0.39, 0.29) is 6.67 Å². The van der Waals surface area contributed by atoms with Crippen molar-refractivity contribution in [1.29, 1.82) is 0 Å². The number of hydrogen-bond donors (Lipinski definition) is 0. The van der Waals surface area contributed by atoms with Crippen LogP contribution in [0, 0.1) is 52.3 Å².